The zero-order valence-electron chi connectivity index (χ0n) is 18.9. The Bertz CT molecular complexity index is 996. The molecule has 0 N–H and O–H groups in total. The zero-order valence-corrected chi connectivity index (χ0v) is 18.9. The van der Waals surface area contributed by atoms with Gasteiger partial charge in [-0.05, 0) is 60.1 Å². The lowest BCUT2D eigenvalue weighted by Gasteiger charge is -2.27. The first-order valence-electron chi connectivity index (χ1n) is 11.2. The Morgan fingerprint density at radius 1 is 0.781 bits per heavy atom. The molecule has 0 unspecified atom stereocenters. The minimum Gasteiger partial charge on any atom is -0.0845 e. The summed E-state index contributed by atoms with van der Waals surface area (Å²) in [5.74, 6) is 0. The molecule has 2 aromatic rings. The van der Waals surface area contributed by atoms with Gasteiger partial charge in [0.1, 0.15) is 0 Å². The lowest BCUT2D eigenvalue weighted by atomic mass is 9.77. The second kappa shape index (κ2) is 12.9. The van der Waals surface area contributed by atoms with Crippen molar-refractivity contribution in [2.24, 2.45) is 0 Å². The van der Waals surface area contributed by atoms with Crippen LogP contribution >= 0.6 is 0 Å². The van der Waals surface area contributed by atoms with Crippen molar-refractivity contribution in [3.63, 3.8) is 0 Å². The van der Waals surface area contributed by atoms with Gasteiger partial charge in [0.05, 0.1) is 0 Å². The maximum Gasteiger partial charge on any atom is 0.0110 e. The van der Waals surface area contributed by atoms with E-state index in [-0.39, 0.29) is 20.3 Å². The molecule has 32 heavy (non-hydrogen) atoms. The van der Waals surface area contributed by atoms with Crippen LogP contribution in [0.15, 0.2) is 103 Å². The Hall–Kier alpha value is -2.86. The van der Waals surface area contributed by atoms with Crippen LogP contribution in [0.1, 0.15) is 72.9 Å². The van der Waals surface area contributed by atoms with Crippen molar-refractivity contribution < 1.29 is 0 Å². The average molecular weight is 427 g/mol. The molecule has 0 fully saturated rings. The molecular formula is C32H42. The minimum atomic E-state index is 0. The summed E-state index contributed by atoms with van der Waals surface area (Å²) >= 11 is 0. The van der Waals surface area contributed by atoms with Crippen LogP contribution in [0.25, 0.3) is 16.7 Å². The summed E-state index contributed by atoms with van der Waals surface area (Å²) in [6.07, 6.45) is 21.4. The van der Waals surface area contributed by atoms with E-state index >= 15 is 0 Å². The summed E-state index contributed by atoms with van der Waals surface area (Å²) in [5.41, 5.74) is 7.96. The van der Waals surface area contributed by atoms with E-state index in [9.17, 15) is 0 Å². The van der Waals surface area contributed by atoms with Crippen molar-refractivity contribution in [1.29, 1.82) is 0 Å². The third kappa shape index (κ3) is 6.57. The van der Waals surface area contributed by atoms with E-state index in [1.807, 2.05) is 13.8 Å². The largest absolute Gasteiger partial charge is 0.0845 e. The molecular weight excluding hydrogens is 384 g/mol. The third-order valence-corrected chi connectivity index (χ3v) is 5.88. The Morgan fingerprint density at radius 2 is 1.50 bits per heavy atom. The molecule has 170 valence electrons. The van der Waals surface area contributed by atoms with Gasteiger partial charge >= 0.3 is 0 Å². The van der Waals surface area contributed by atoms with Gasteiger partial charge in [-0.25, -0.2) is 0 Å². The van der Waals surface area contributed by atoms with E-state index in [4.69, 9.17) is 0 Å². The molecule has 0 nitrogen and oxygen atoms in total. The molecule has 0 bridgehead atoms. The molecule has 0 spiro atoms. The highest BCUT2D eigenvalue weighted by molar-refractivity contribution is 5.79. The molecule has 4 rings (SSSR count). The molecule has 0 amide bonds. The number of benzene rings is 2. The van der Waals surface area contributed by atoms with Crippen LogP contribution in [0, 0.1) is 0 Å². The van der Waals surface area contributed by atoms with Gasteiger partial charge in [-0.3, -0.25) is 0 Å². The zero-order chi connectivity index (χ0) is 21.4. The smallest absolute Gasteiger partial charge is 0.0110 e. The quantitative estimate of drug-likeness (QED) is 0.458. The Labute approximate surface area is 197 Å². The lowest BCUT2D eigenvalue weighted by Crippen LogP contribution is -2.18. The second-order valence-corrected chi connectivity index (χ2v) is 8.09. The summed E-state index contributed by atoms with van der Waals surface area (Å²) < 4.78 is 0. The molecule has 0 aliphatic heterocycles. The lowest BCUT2D eigenvalue weighted by molar-refractivity contribution is 0.549. The Morgan fingerprint density at radius 3 is 2.25 bits per heavy atom. The van der Waals surface area contributed by atoms with Crippen molar-refractivity contribution in [2.75, 3.05) is 0 Å². The van der Waals surface area contributed by atoms with Crippen molar-refractivity contribution in [1.82, 2.24) is 0 Å². The van der Waals surface area contributed by atoms with Crippen LogP contribution in [-0.2, 0) is 5.41 Å². The summed E-state index contributed by atoms with van der Waals surface area (Å²) in [6, 6.07) is 17.9. The standard InChI is InChI=1S/C28H28.C2H6.2CH4/c1-22-11-10-14-24(16-15-22)26-19-25(23-12-6-5-7-13-23)20-27(21-26)28(2)17-8-3-4-9-18-28;1-2;;/h3-8,11-17,19-21H,9-10,18H2,1-2H3;1-2H3;2*1H4/t28-;;;/m0.../s1. The molecule has 1 atom stereocenters. The minimum absolute atomic E-state index is 0. The van der Waals surface area contributed by atoms with Crippen molar-refractivity contribution in [2.45, 2.75) is 67.2 Å². The van der Waals surface area contributed by atoms with Crippen LogP contribution in [0.4, 0.5) is 0 Å². The van der Waals surface area contributed by atoms with Gasteiger partial charge in [-0.2, -0.15) is 0 Å². The van der Waals surface area contributed by atoms with Gasteiger partial charge in [-0.1, -0.05) is 132 Å². The van der Waals surface area contributed by atoms with Crippen molar-refractivity contribution >= 4 is 5.57 Å². The maximum atomic E-state index is 2.40. The van der Waals surface area contributed by atoms with Gasteiger partial charge in [0, 0.05) is 5.41 Å². The van der Waals surface area contributed by atoms with Crippen molar-refractivity contribution in [3.8, 4) is 11.1 Å². The number of allylic oxidation sites excluding steroid dienone is 10. The van der Waals surface area contributed by atoms with E-state index < -0.39 is 0 Å². The molecule has 0 radical (unpaired) electrons. The van der Waals surface area contributed by atoms with Crippen LogP contribution in [0.5, 0.6) is 0 Å². The molecule has 2 aliphatic rings. The monoisotopic (exact) mass is 426 g/mol. The van der Waals surface area contributed by atoms with E-state index in [0.29, 0.717) is 0 Å². The van der Waals surface area contributed by atoms with Gasteiger partial charge in [0.25, 0.3) is 0 Å². The summed E-state index contributed by atoms with van der Waals surface area (Å²) in [5, 5.41) is 0. The van der Waals surface area contributed by atoms with Crippen LogP contribution < -0.4 is 0 Å². The summed E-state index contributed by atoms with van der Waals surface area (Å²) in [6.45, 7) is 8.54. The molecule has 2 aromatic carbocycles. The van der Waals surface area contributed by atoms with Gasteiger partial charge in [0.15, 0.2) is 0 Å². The topological polar surface area (TPSA) is 0 Å². The van der Waals surface area contributed by atoms with E-state index in [1.165, 1.54) is 33.4 Å². The molecule has 0 saturated carbocycles. The average Bonchev–Trinajstić information content (AvgIpc) is 3.16. The summed E-state index contributed by atoms with van der Waals surface area (Å²) in [4.78, 5) is 0. The highest BCUT2D eigenvalue weighted by Gasteiger charge is 2.25. The molecule has 0 heterocycles. The van der Waals surface area contributed by atoms with Crippen LogP contribution in [-0.4, -0.2) is 0 Å². The van der Waals surface area contributed by atoms with Gasteiger partial charge in [-0.15, -0.1) is 0 Å². The van der Waals surface area contributed by atoms with E-state index in [1.54, 1.807) is 0 Å². The van der Waals surface area contributed by atoms with Crippen LogP contribution in [0.2, 0.25) is 0 Å². The highest BCUT2D eigenvalue weighted by Crippen LogP contribution is 2.37. The number of hydrogen-bond donors (Lipinski definition) is 0. The van der Waals surface area contributed by atoms with Crippen molar-refractivity contribution in [3.05, 3.63) is 114 Å². The molecule has 0 saturated heterocycles. The highest BCUT2D eigenvalue weighted by atomic mass is 14.3. The fraction of sp³-hybridized carbons (Fsp3) is 0.312. The molecule has 2 aliphatic carbocycles. The van der Waals surface area contributed by atoms with E-state index in [0.717, 1.165) is 19.3 Å². The first-order chi connectivity index (χ1) is 14.6. The first kappa shape index (κ1) is 27.2. The maximum absolute atomic E-state index is 2.40. The normalized spacial score (nSPS) is 19.1. The van der Waals surface area contributed by atoms with Gasteiger partial charge < -0.3 is 0 Å². The Balaban J connectivity index is 0.00000125. The first-order valence-corrected chi connectivity index (χ1v) is 11.2. The van der Waals surface area contributed by atoms with Crippen LogP contribution in [0.3, 0.4) is 0 Å². The fourth-order valence-corrected chi connectivity index (χ4v) is 4.01. The predicted molar refractivity (Wildman–Crippen MR) is 147 cm³/mol. The summed E-state index contributed by atoms with van der Waals surface area (Å²) in [7, 11) is 0. The van der Waals surface area contributed by atoms with Gasteiger partial charge in [0.2, 0.25) is 0 Å². The Kier molecular flexibility index (Phi) is 10.9. The SMILES string of the molecule is C.C.CC.CC1=CCC=C(c2cc(-c3ccccc3)cc([C@@]3(C)C=CC=CCC3)c2)C=C1. The predicted octanol–water partition coefficient (Wildman–Crippen LogP) is 10.1. The molecule has 0 aromatic heterocycles. The second-order valence-electron chi connectivity index (χ2n) is 8.09. The molecule has 0 heteroatoms. The van der Waals surface area contributed by atoms with E-state index in [2.05, 4.69) is 111 Å². The number of rotatable bonds is 3. The fourth-order valence-electron chi connectivity index (χ4n) is 4.01. The number of hydrogen-bond acceptors (Lipinski definition) is 0. The third-order valence-electron chi connectivity index (χ3n) is 5.88.